The van der Waals surface area contributed by atoms with Crippen molar-refractivity contribution in [2.75, 3.05) is 11.0 Å². The Morgan fingerprint density at radius 2 is 1.73 bits per heavy atom. The lowest BCUT2D eigenvalue weighted by molar-refractivity contribution is 0.508. The van der Waals surface area contributed by atoms with Gasteiger partial charge in [0.05, 0.1) is 11.7 Å². The standard InChI is InChI=1S/C24H20ClFN4O2S/c1-33(31,32)30-22-8-2-6-20(29-22)15-24(18-5-3-13-27-16-18,17-9-11-19(25)12-10-17)21-7-4-14-28-23(21)26/h2-14,16H,15H2,1H3,(H,29,30). The normalized spacial score (nSPS) is 13.3. The first-order valence-electron chi connectivity index (χ1n) is 9.99. The van der Waals surface area contributed by atoms with Gasteiger partial charge in [-0.1, -0.05) is 41.9 Å². The molecule has 0 amide bonds. The van der Waals surface area contributed by atoms with E-state index in [0.29, 0.717) is 16.3 Å². The first-order valence-corrected chi connectivity index (χ1v) is 12.3. The van der Waals surface area contributed by atoms with Gasteiger partial charge in [0.1, 0.15) is 5.82 Å². The molecule has 1 N–H and O–H groups in total. The zero-order valence-electron chi connectivity index (χ0n) is 17.6. The Morgan fingerprint density at radius 1 is 0.970 bits per heavy atom. The Kier molecular flexibility index (Phi) is 6.40. The van der Waals surface area contributed by atoms with Gasteiger partial charge < -0.3 is 0 Å². The van der Waals surface area contributed by atoms with Gasteiger partial charge in [-0.05, 0) is 47.5 Å². The summed E-state index contributed by atoms with van der Waals surface area (Å²) < 4.78 is 41.1. The van der Waals surface area contributed by atoms with Gasteiger partial charge in [0.25, 0.3) is 0 Å². The van der Waals surface area contributed by atoms with Crippen molar-refractivity contribution >= 4 is 27.4 Å². The fourth-order valence-electron chi connectivity index (χ4n) is 3.93. The van der Waals surface area contributed by atoms with Gasteiger partial charge in [0.15, 0.2) is 0 Å². The number of halogens is 2. The lowest BCUT2D eigenvalue weighted by Crippen LogP contribution is -2.34. The maximum absolute atomic E-state index is 15.3. The van der Waals surface area contributed by atoms with E-state index in [-0.39, 0.29) is 12.2 Å². The van der Waals surface area contributed by atoms with E-state index in [2.05, 4.69) is 19.7 Å². The lowest BCUT2D eigenvalue weighted by atomic mass is 9.67. The Hall–Kier alpha value is -3.36. The number of hydrogen-bond donors (Lipinski definition) is 1. The highest BCUT2D eigenvalue weighted by atomic mass is 35.5. The molecule has 0 aliphatic carbocycles. The van der Waals surface area contributed by atoms with Gasteiger partial charge in [-0.15, -0.1) is 0 Å². The van der Waals surface area contributed by atoms with Crippen LogP contribution in [0.15, 0.2) is 85.3 Å². The second kappa shape index (κ2) is 9.25. The molecule has 9 heteroatoms. The average molecular weight is 483 g/mol. The summed E-state index contributed by atoms with van der Waals surface area (Å²) in [5.41, 5.74) is 1.31. The van der Waals surface area contributed by atoms with Crippen LogP contribution in [0.3, 0.4) is 0 Å². The van der Waals surface area contributed by atoms with Crippen molar-refractivity contribution in [1.82, 2.24) is 15.0 Å². The van der Waals surface area contributed by atoms with Gasteiger partial charge in [0, 0.05) is 41.3 Å². The number of rotatable bonds is 7. The van der Waals surface area contributed by atoms with Crippen LogP contribution in [-0.2, 0) is 21.9 Å². The first-order chi connectivity index (χ1) is 15.8. The second-order valence-corrected chi connectivity index (χ2v) is 9.75. The summed E-state index contributed by atoms with van der Waals surface area (Å²) >= 11 is 6.15. The van der Waals surface area contributed by atoms with Crippen molar-refractivity contribution in [1.29, 1.82) is 0 Å². The molecule has 0 radical (unpaired) electrons. The Bertz CT molecular complexity index is 1370. The molecule has 0 saturated heterocycles. The molecule has 6 nitrogen and oxygen atoms in total. The van der Waals surface area contributed by atoms with Gasteiger partial charge in [-0.3, -0.25) is 9.71 Å². The summed E-state index contributed by atoms with van der Waals surface area (Å²) in [5, 5.41) is 0.544. The van der Waals surface area contributed by atoms with Crippen molar-refractivity contribution in [2.45, 2.75) is 11.8 Å². The summed E-state index contributed by atoms with van der Waals surface area (Å²) in [5.74, 6) is -0.445. The molecular formula is C24H20ClFN4O2S. The quantitative estimate of drug-likeness (QED) is 0.389. The highest BCUT2D eigenvalue weighted by Crippen LogP contribution is 2.42. The van der Waals surface area contributed by atoms with E-state index in [1.807, 2.05) is 18.2 Å². The molecule has 0 aliphatic rings. The van der Waals surface area contributed by atoms with Crippen LogP contribution in [-0.4, -0.2) is 29.6 Å². The maximum Gasteiger partial charge on any atom is 0.230 e. The molecular weight excluding hydrogens is 463 g/mol. The molecule has 33 heavy (non-hydrogen) atoms. The third-order valence-electron chi connectivity index (χ3n) is 5.25. The predicted molar refractivity (Wildman–Crippen MR) is 126 cm³/mol. The van der Waals surface area contributed by atoms with E-state index < -0.39 is 21.4 Å². The summed E-state index contributed by atoms with van der Waals surface area (Å²) in [4.78, 5) is 12.7. The van der Waals surface area contributed by atoms with E-state index in [1.165, 1.54) is 6.20 Å². The predicted octanol–water partition coefficient (Wildman–Crippen LogP) is 4.61. The number of pyridine rings is 3. The fraction of sp³-hybridized carbons (Fsp3) is 0.125. The Balaban J connectivity index is 1.97. The van der Waals surface area contributed by atoms with Crippen LogP contribution in [0.1, 0.15) is 22.4 Å². The van der Waals surface area contributed by atoms with Crippen LogP contribution in [0.2, 0.25) is 5.02 Å². The zero-order chi connectivity index (χ0) is 23.5. The molecule has 0 bridgehead atoms. The molecule has 0 fully saturated rings. The molecule has 0 saturated carbocycles. The molecule has 3 aromatic heterocycles. The molecule has 0 aliphatic heterocycles. The first kappa shape index (κ1) is 22.8. The summed E-state index contributed by atoms with van der Waals surface area (Å²) in [6.07, 6.45) is 5.98. The van der Waals surface area contributed by atoms with Crippen molar-refractivity contribution in [3.63, 3.8) is 0 Å². The molecule has 4 rings (SSSR count). The van der Waals surface area contributed by atoms with Crippen molar-refractivity contribution in [3.05, 3.63) is 119 Å². The largest absolute Gasteiger partial charge is 0.268 e. The molecule has 3 heterocycles. The van der Waals surface area contributed by atoms with Crippen LogP contribution in [0.5, 0.6) is 0 Å². The van der Waals surface area contributed by atoms with E-state index >= 15 is 4.39 Å². The van der Waals surface area contributed by atoms with E-state index in [4.69, 9.17) is 11.6 Å². The smallest absolute Gasteiger partial charge is 0.230 e. The number of aromatic nitrogens is 3. The van der Waals surface area contributed by atoms with Crippen molar-refractivity contribution in [2.24, 2.45) is 0 Å². The third-order valence-corrected chi connectivity index (χ3v) is 6.09. The molecule has 1 unspecified atom stereocenters. The van der Waals surface area contributed by atoms with Gasteiger partial charge in [0.2, 0.25) is 16.0 Å². The minimum absolute atomic E-state index is 0.179. The van der Waals surface area contributed by atoms with Crippen LogP contribution in [0.25, 0.3) is 0 Å². The molecule has 1 atom stereocenters. The summed E-state index contributed by atoms with van der Waals surface area (Å²) in [6, 6.07) is 19.2. The second-order valence-electron chi connectivity index (χ2n) is 7.56. The Labute approximate surface area is 196 Å². The molecule has 0 spiro atoms. The van der Waals surface area contributed by atoms with Crippen LogP contribution < -0.4 is 4.72 Å². The summed E-state index contributed by atoms with van der Waals surface area (Å²) in [6.45, 7) is 0. The minimum atomic E-state index is -3.51. The van der Waals surface area contributed by atoms with Gasteiger partial charge in [-0.2, -0.15) is 4.39 Å². The van der Waals surface area contributed by atoms with Crippen molar-refractivity contribution in [3.8, 4) is 0 Å². The monoisotopic (exact) mass is 482 g/mol. The third kappa shape index (κ3) is 5.02. The van der Waals surface area contributed by atoms with E-state index in [0.717, 1.165) is 17.4 Å². The number of hydrogen-bond acceptors (Lipinski definition) is 5. The number of nitrogens with one attached hydrogen (secondary N) is 1. The summed E-state index contributed by atoms with van der Waals surface area (Å²) in [7, 11) is -3.51. The van der Waals surface area contributed by atoms with Crippen molar-refractivity contribution < 1.29 is 12.8 Å². The van der Waals surface area contributed by atoms with Crippen LogP contribution >= 0.6 is 11.6 Å². The van der Waals surface area contributed by atoms with E-state index in [9.17, 15) is 8.42 Å². The topological polar surface area (TPSA) is 84.8 Å². The highest BCUT2D eigenvalue weighted by molar-refractivity contribution is 7.92. The lowest BCUT2D eigenvalue weighted by Gasteiger charge is -2.35. The average Bonchev–Trinajstić information content (AvgIpc) is 2.78. The van der Waals surface area contributed by atoms with Gasteiger partial charge in [-0.25, -0.2) is 18.4 Å². The molecule has 4 aromatic rings. The SMILES string of the molecule is CS(=O)(=O)Nc1cccc(CC(c2ccc(Cl)cc2)(c2cccnc2)c2cccnc2F)n1. The zero-order valence-corrected chi connectivity index (χ0v) is 19.2. The molecule has 1 aromatic carbocycles. The maximum atomic E-state index is 15.3. The Morgan fingerprint density at radius 3 is 2.39 bits per heavy atom. The number of sulfonamides is 1. The van der Waals surface area contributed by atoms with Gasteiger partial charge >= 0.3 is 0 Å². The number of benzene rings is 1. The fourth-order valence-corrected chi connectivity index (χ4v) is 4.55. The van der Waals surface area contributed by atoms with Crippen LogP contribution in [0.4, 0.5) is 10.2 Å². The molecule has 168 valence electrons. The highest BCUT2D eigenvalue weighted by Gasteiger charge is 2.40. The number of anilines is 1. The number of nitrogens with zero attached hydrogens (tertiary/aromatic N) is 3. The minimum Gasteiger partial charge on any atom is -0.268 e. The van der Waals surface area contributed by atoms with Crippen LogP contribution in [0, 0.1) is 5.95 Å². The van der Waals surface area contributed by atoms with E-state index in [1.54, 1.807) is 60.9 Å².